The number of nitriles is 1. The van der Waals surface area contributed by atoms with Crippen LogP contribution in [-0.4, -0.2) is 25.0 Å². The third-order valence-corrected chi connectivity index (χ3v) is 4.67. The first-order chi connectivity index (χ1) is 9.71. The molecule has 1 heterocycles. The SMILES string of the molecule is N#Cc1ccc(NC2CCC3(CC2)OCCO3)c(Br)c1. The average Bonchev–Trinajstić information content (AvgIpc) is 2.92. The zero-order valence-electron chi connectivity index (χ0n) is 11.2. The molecule has 0 unspecified atom stereocenters. The number of anilines is 1. The van der Waals surface area contributed by atoms with E-state index in [0.29, 0.717) is 11.6 Å². The zero-order valence-corrected chi connectivity index (χ0v) is 12.8. The van der Waals surface area contributed by atoms with Crippen LogP contribution >= 0.6 is 15.9 Å². The molecule has 0 bridgehead atoms. The quantitative estimate of drug-likeness (QED) is 0.898. The van der Waals surface area contributed by atoms with Crippen molar-refractivity contribution in [1.29, 1.82) is 5.26 Å². The largest absolute Gasteiger partial charge is 0.381 e. The highest BCUT2D eigenvalue weighted by Gasteiger charge is 2.40. The van der Waals surface area contributed by atoms with E-state index in [9.17, 15) is 0 Å². The van der Waals surface area contributed by atoms with Crippen LogP contribution in [0.25, 0.3) is 0 Å². The molecule has 1 spiro atoms. The Hall–Kier alpha value is -1.09. The van der Waals surface area contributed by atoms with Gasteiger partial charge in [-0.3, -0.25) is 0 Å². The Labute approximate surface area is 127 Å². The van der Waals surface area contributed by atoms with Gasteiger partial charge >= 0.3 is 0 Å². The van der Waals surface area contributed by atoms with E-state index >= 15 is 0 Å². The van der Waals surface area contributed by atoms with Crippen molar-refractivity contribution in [3.8, 4) is 6.07 Å². The van der Waals surface area contributed by atoms with Crippen molar-refractivity contribution in [3.63, 3.8) is 0 Å². The smallest absolute Gasteiger partial charge is 0.168 e. The highest BCUT2D eigenvalue weighted by Crippen LogP contribution is 2.37. The topological polar surface area (TPSA) is 54.3 Å². The number of ether oxygens (including phenoxy) is 2. The number of benzene rings is 1. The first kappa shape index (κ1) is 13.9. The molecule has 1 aromatic rings. The second kappa shape index (κ2) is 5.72. The molecule has 1 saturated carbocycles. The van der Waals surface area contributed by atoms with Crippen LogP contribution in [-0.2, 0) is 9.47 Å². The second-order valence-electron chi connectivity index (χ2n) is 5.33. The second-order valence-corrected chi connectivity index (χ2v) is 6.19. The van der Waals surface area contributed by atoms with Crippen molar-refractivity contribution in [3.05, 3.63) is 28.2 Å². The van der Waals surface area contributed by atoms with Crippen LogP contribution in [0.15, 0.2) is 22.7 Å². The fraction of sp³-hybridized carbons (Fsp3) is 0.533. The highest BCUT2D eigenvalue weighted by molar-refractivity contribution is 9.10. The molecule has 5 heteroatoms. The number of nitrogens with zero attached hydrogens (tertiary/aromatic N) is 1. The lowest BCUT2D eigenvalue weighted by Crippen LogP contribution is -2.39. The van der Waals surface area contributed by atoms with Crippen LogP contribution in [0.3, 0.4) is 0 Å². The van der Waals surface area contributed by atoms with Gasteiger partial charge in [-0.15, -0.1) is 0 Å². The number of nitrogens with one attached hydrogen (secondary N) is 1. The van der Waals surface area contributed by atoms with Crippen LogP contribution in [0.5, 0.6) is 0 Å². The molecule has 0 atom stereocenters. The summed E-state index contributed by atoms with van der Waals surface area (Å²) in [6, 6.07) is 8.20. The van der Waals surface area contributed by atoms with Crippen LogP contribution in [0, 0.1) is 11.3 Å². The van der Waals surface area contributed by atoms with Gasteiger partial charge in [-0.1, -0.05) is 0 Å². The minimum absolute atomic E-state index is 0.305. The molecule has 2 aliphatic rings. The van der Waals surface area contributed by atoms with E-state index in [0.717, 1.165) is 49.1 Å². The highest BCUT2D eigenvalue weighted by atomic mass is 79.9. The molecule has 1 saturated heterocycles. The molecule has 106 valence electrons. The number of hydrogen-bond acceptors (Lipinski definition) is 4. The van der Waals surface area contributed by atoms with Gasteiger partial charge < -0.3 is 14.8 Å². The Balaban J connectivity index is 1.61. The maximum absolute atomic E-state index is 8.87. The van der Waals surface area contributed by atoms with Gasteiger partial charge in [-0.25, -0.2) is 0 Å². The van der Waals surface area contributed by atoms with E-state index < -0.39 is 0 Å². The zero-order chi connectivity index (χ0) is 14.0. The average molecular weight is 337 g/mol. The van der Waals surface area contributed by atoms with Crippen molar-refractivity contribution in [1.82, 2.24) is 0 Å². The summed E-state index contributed by atoms with van der Waals surface area (Å²) in [5.74, 6) is -0.305. The molecule has 0 amide bonds. The normalized spacial score (nSPS) is 21.8. The fourth-order valence-corrected chi connectivity index (χ4v) is 3.40. The standard InChI is InChI=1S/C15H17BrN2O2/c16-13-9-11(10-17)1-2-14(13)18-12-3-5-15(6-4-12)19-7-8-20-15/h1-2,9,12,18H,3-8H2. The van der Waals surface area contributed by atoms with Crippen molar-refractivity contribution in [2.45, 2.75) is 37.5 Å². The van der Waals surface area contributed by atoms with E-state index in [1.807, 2.05) is 18.2 Å². The molecular formula is C15H17BrN2O2. The predicted molar refractivity (Wildman–Crippen MR) is 79.4 cm³/mol. The van der Waals surface area contributed by atoms with Crippen molar-refractivity contribution >= 4 is 21.6 Å². The van der Waals surface area contributed by atoms with E-state index in [4.69, 9.17) is 14.7 Å². The van der Waals surface area contributed by atoms with E-state index in [2.05, 4.69) is 27.3 Å². The number of rotatable bonds is 2. The molecule has 0 radical (unpaired) electrons. The molecule has 2 fully saturated rings. The summed E-state index contributed by atoms with van der Waals surface area (Å²) in [7, 11) is 0. The van der Waals surface area contributed by atoms with Crippen molar-refractivity contribution in [2.24, 2.45) is 0 Å². The Bertz CT molecular complexity index is 525. The van der Waals surface area contributed by atoms with Gasteiger partial charge in [-0.2, -0.15) is 5.26 Å². The predicted octanol–water partition coefficient (Wildman–Crippen LogP) is 3.42. The molecule has 1 aromatic carbocycles. The molecule has 3 rings (SSSR count). The molecular weight excluding hydrogens is 320 g/mol. The minimum atomic E-state index is -0.305. The van der Waals surface area contributed by atoms with Crippen LogP contribution in [0.4, 0.5) is 5.69 Å². The van der Waals surface area contributed by atoms with Gasteiger partial charge in [0.1, 0.15) is 0 Å². The first-order valence-electron chi connectivity index (χ1n) is 6.95. The third kappa shape index (κ3) is 2.83. The third-order valence-electron chi connectivity index (χ3n) is 4.02. The maximum atomic E-state index is 8.87. The molecule has 20 heavy (non-hydrogen) atoms. The van der Waals surface area contributed by atoms with Crippen LogP contribution < -0.4 is 5.32 Å². The van der Waals surface area contributed by atoms with Gasteiger partial charge in [0, 0.05) is 29.0 Å². The molecule has 0 aromatic heterocycles. The van der Waals surface area contributed by atoms with Crippen LogP contribution in [0.1, 0.15) is 31.2 Å². The summed E-state index contributed by atoms with van der Waals surface area (Å²) >= 11 is 3.51. The van der Waals surface area contributed by atoms with E-state index in [1.54, 1.807) is 0 Å². The fourth-order valence-electron chi connectivity index (χ4n) is 2.91. The lowest BCUT2D eigenvalue weighted by molar-refractivity contribution is -0.177. The van der Waals surface area contributed by atoms with Gasteiger partial charge in [-0.05, 0) is 47.0 Å². The summed E-state index contributed by atoms with van der Waals surface area (Å²) in [6.07, 6.45) is 3.95. The summed E-state index contributed by atoms with van der Waals surface area (Å²) in [6.45, 7) is 1.44. The Morgan fingerprint density at radius 1 is 1.25 bits per heavy atom. The number of halogens is 1. The number of hydrogen-bond donors (Lipinski definition) is 1. The summed E-state index contributed by atoms with van der Waals surface area (Å²) in [5.41, 5.74) is 1.70. The molecule has 4 nitrogen and oxygen atoms in total. The molecule has 1 aliphatic heterocycles. The summed E-state index contributed by atoms with van der Waals surface area (Å²) in [5, 5.41) is 12.4. The lowest BCUT2D eigenvalue weighted by atomic mass is 9.90. The summed E-state index contributed by atoms with van der Waals surface area (Å²) in [4.78, 5) is 0. The van der Waals surface area contributed by atoms with E-state index in [-0.39, 0.29) is 5.79 Å². The van der Waals surface area contributed by atoms with Gasteiger partial charge in [0.25, 0.3) is 0 Å². The minimum Gasteiger partial charge on any atom is -0.381 e. The monoisotopic (exact) mass is 336 g/mol. The van der Waals surface area contributed by atoms with E-state index in [1.165, 1.54) is 0 Å². The van der Waals surface area contributed by atoms with Gasteiger partial charge in [0.05, 0.1) is 24.8 Å². The van der Waals surface area contributed by atoms with Crippen LogP contribution in [0.2, 0.25) is 0 Å². The summed E-state index contributed by atoms with van der Waals surface area (Å²) < 4.78 is 12.4. The first-order valence-corrected chi connectivity index (χ1v) is 7.74. The molecule has 1 N–H and O–H groups in total. The van der Waals surface area contributed by atoms with Gasteiger partial charge in [0.2, 0.25) is 0 Å². The Kier molecular flexibility index (Phi) is 3.97. The maximum Gasteiger partial charge on any atom is 0.168 e. The lowest BCUT2D eigenvalue weighted by Gasteiger charge is -2.36. The Morgan fingerprint density at radius 3 is 2.55 bits per heavy atom. The Morgan fingerprint density at radius 2 is 1.95 bits per heavy atom. The van der Waals surface area contributed by atoms with Gasteiger partial charge in [0.15, 0.2) is 5.79 Å². The molecule has 1 aliphatic carbocycles. The van der Waals surface area contributed by atoms with Crippen molar-refractivity contribution in [2.75, 3.05) is 18.5 Å². The van der Waals surface area contributed by atoms with Crippen molar-refractivity contribution < 1.29 is 9.47 Å².